The van der Waals surface area contributed by atoms with Crippen LogP contribution in [0.1, 0.15) is 43.9 Å². The van der Waals surface area contributed by atoms with Gasteiger partial charge in [-0.15, -0.1) is 0 Å². The molecular formula is C27H32N6O3. The largest absolute Gasteiger partial charge is 0.371 e. The third kappa shape index (κ3) is 6.16. The number of amides is 2. The van der Waals surface area contributed by atoms with Crippen LogP contribution in [0.4, 0.5) is 11.4 Å². The van der Waals surface area contributed by atoms with E-state index in [0.717, 1.165) is 18.8 Å². The molecule has 1 aliphatic rings. The van der Waals surface area contributed by atoms with E-state index in [4.69, 9.17) is 0 Å². The second kappa shape index (κ2) is 11.6. The van der Waals surface area contributed by atoms with Gasteiger partial charge in [-0.1, -0.05) is 19.4 Å². The molecule has 1 unspecified atom stereocenters. The number of aromatic amines is 1. The van der Waals surface area contributed by atoms with Gasteiger partial charge in [-0.2, -0.15) is 0 Å². The van der Waals surface area contributed by atoms with Gasteiger partial charge >= 0.3 is 0 Å². The third-order valence-corrected chi connectivity index (χ3v) is 6.31. The van der Waals surface area contributed by atoms with Crippen molar-refractivity contribution in [3.8, 4) is 11.4 Å². The fourth-order valence-electron chi connectivity index (χ4n) is 4.41. The summed E-state index contributed by atoms with van der Waals surface area (Å²) in [7, 11) is 0. The molecule has 0 saturated carbocycles. The summed E-state index contributed by atoms with van der Waals surface area (Å²) in [6.45, 7) is 5.68. The molecule has 1 aromatic carbocycles. The Labute approximate surface area is 210 Å². The maximum Gasteiger partial charge on any atom is 0.255 e. The molecule has 0 bridgehead atoms. The quantitative estimate of drug-likeness (QED) is 0.425. The molecule has 0 spiro atoms. The van der Waals surface area contributed by atoms with Crippen molar-refractivity contribution in [3.05, 3.63) is 70.4 Å². The normalized spacial score (nSPS) is 13.9. The number of pyridine rings is 1. The highest BCUT2D eigenvalue weighted by Crippen LogP contribution is 2.23. The molecular weight excluding hydrogens is 456 g/mol. The van der Waals surface area contributed by atoms with Crippen molar-refractivity contribution in [3.63, 3.8) is 0 Å². The molecule has 3 N–H and O–H groups in total. The lowest BCUT2D eigenvalue weighted by Gasteiger charge is -2.20. The molecule has 1 saturated heterocycles. The molecule has 9 heteroatoms. The van der Waals surface area contributed by atoms with Crippen LogP contribution in [0.2, 0.25) is 0 Å². The van der Waals surface area contributed by atoms with Crippen molar-refractivity contribution < 1.29 is 9.59 Å². The molecule has 2 aromatic heterocycles. The lowest BCUT2D eigenvalue weighted by molar-refractivity contribution is -0.126. The standard InChI is InChI=1S/C27H32N6O3/c1-3-8-23(27(36)30-20-10-6-11-21(15-20)33-13-4-5-14-33)31-24(34)16-22-18(2)29-25(32-26(22)35)19-9-7-12-28-17-19/h6-7,9-12,15,17,23H,3-5,8,13-14,16H2,1-2H3,(H,30,36)(H,31,34)(H,29,32,35). The summed E-state index contributed by atoms with van der Waals surface area (Å²) in [5.74, 6) is -0.285. The Morgan fingerprint density at radius 1 is 1.17 bits per heavy atom. The summed E-state index contributed by atoms with van der Waals surface area (Å²) < 4.78 is 0. The molecule has 2 amide bonds. The number of H-pyrrole nitrogens is 1. The van der Waals surface area contributed by atoms with Crippen LogP contribution < -0.4 is 21.1 Å². The van der Waals surface area contributed by atoms with E-state index >= 15 is 0 Å². The van der Waals surface area contributed by atoms with Crippen LogP contribution in [0, 0.1) is 6.92 Å². The fraction of sp³-hybridized carbons (Fsp3) is 0.370. The minimum atomic E-state index is -0.708. The zero-order valence-electron chi connectivity index (χ0n) is 20.7. The molecule has 0 aliphatic carbocycles. The van der Waals surface area contributed by atoms with Gasteiger partial charge in [0, 0.05) is 53.7 Å². The molecule has 3 heterocycles. The second-order valence-electron chi connectivity index (χ2n) is 9.04. The predicted molar refractivity (Wildman–Crippen MR) is 140 cm³/mol. The predicted octanol–water partition coefficient (Wildman–Crippen LogP) is 3.21. The van der Waals surface area contributed by atoms with E-state index in [1.807, 2.05) is 31.2 Å². The van der Waals surface area contributed by atoms with Crippen LogP contribution in [0.15, 0.2) is 53.6 Å². The van der Waals surface area contributed by atoms with Gasteiger partial charge in [0.1, 0.15) is 11.9 Å². The van der Waals surface area contributed by atoms with Gasteiger partial charge in [-0.25, -0.2) is 4.98 Å². The van der Waals surface area contributed by atoms with Crippen molar-refractivity contribution in [1.82, 2.24) is 20.3 Å². The first-order valence-electron chi connectivity index (χ1n) is 12.4. The van der Waals surface area contributed by atoms with Crippen molar-refractivity contribution in [2.75, 3.05) is 23.3 Å². The molecule has 0 radical (unpaired) electrons. The van der Waals surface area contributed by atoms with Gasteiger partial charge < -0.3 is 20.5 Å². The Morgan fingerprint density at radius 3 is 2.67 bits per heavy atom. The highest BCUT2D eigenvalue weighted by atomic mass is 16.2. The number of aryl methyl sites for hydroxylation is 1. The number of anilines is 2. The number of hydrogen-bond acceptors (Lipinski definition) is 6. The molecule has 36 heavy (non-hydrogen) atoms. The van der Waals surface area contributed by atoms with Crippen molar-refractivity contribution in [2.24, 2.45) is 0 Å². The van der Waals surface area contributed by atoms with E-state index in [9.17, 15) is 14.4 Å². The van der Waals surface area contributed by atoms with Crippen LogP contribution >= 0.6 is 0 Å². The van der Waals surface area contributed by atoms with Crippen LogP contribution in [-0.2, 0) is 16.0 Å². The highest BCUT2D eigenvalue weighted by Gasteiger charge is 2.22. The molecule has 1 aliphatic heterocycles. The number of hydrogen-bond donors (Lipinski definition) is 3. The third-order valence-electron chi connectivity index (χ3n) is 6.31. The van der Waals surface area contributed by atoms with Gasteiger partial charge in [0.2, 0.25) is 11.8 Å². The van der Waals surface area contributed by atoms with Gasteiger partial charge in [-0.05, 0) is 56.5 Å². The molecule has 3 aromatic rings. The molecule has 188 valence electrons. The Hall–Kier alpha value is -4.01. The first kappa shape index (κ1) is 25.1. The Balaban J connectivity index is 1.42. The number of carbonyl (C=O) groups excluding carboxylic acids is 2. The lowest BCUT2D eigenvalue weighted by atomic mass is 10.1. The average Bonchev–Trinajstić information content (AvgIpc) is 3.42. The van der Waals surface area contributed by atoms with Crippen LogP contribution in [-0.4, -0.2) is 45.9 Å². The minimum absolute atomic E-state index is 0.167. The molecule has 1 atom stereocenters. The topological polar surface area (TPSA) is 120 Å². The summed E-state index contributed by atoms with van der Waals surface area (Å²) in [4.78, 5) is 52.1. The zero-order valence-corrected chi connectivity index (χ0v) is 20.7. The van der Waals surface area contributed by atoms with Crippen LogP contribution in [0.25, 0.3) is 11.4 Å². The number of nitrogens with one attached hydrogen (secondary N) is 3. The van der Waals surface area contributed by atoms with Gasteiger partial charge in [0.15, 0.2) is 0 Å². The van der Waals surface area contributed by atoms with Gasteiger partial charge in [0.05, 0.1) is 6.42 Å². The molecule has 9 nitrogen and oxygen atoms in total. The van der Waals surface area contributed by atoms with Crippen molar-refractivity contribution in [1.29, 1.82) is 0 Å². The number of nitrogens with zero attached hydrogens (tertiary/aromatic N) is 3. The number of carbonyl (C=O) groups is 2. The van der Waals surface area contributed by atoms with E-state index < -0.39 is 11.9 Å². The van der Waals surface area contributed by atoms with E-state index in [0.29, 0.717) is 35.6 Å². The SMILES string of the molecule is CCCC(NC(=O)Cc1c(C)nc(-c2cccnc2)[nH]c1=O)C(=O)Nc1cccc(N2CCCC2)c1. The minimum Gasteiger partial charge on any atom is -0.371 e. The Morgan fingerprint density at radius 2 is 1.97 bits per heavy atom. The van der Waals surface area contributed by atoms with E-state index in [-0.39, 0.29) is 23.5 Å². The first-order chi connectivity index (χ1) is 17.4. The second-order valence-corrected chi connectivity index (χ2v) is 9.04. The van der Waals surface area contributed by atoms with E-state index in [1.165, 1.54) is 12.8 Å². The summed E-state index contributed by atoms with van der Waals surface area (Å²) in [6, 6.07) is 10.6. The van der Waals surface area contributed by atoms with Crippen LogP contribution in [0.3, 0.4) is 0 Å². The smallest absolute Gasteiger partial charge is 0.255 e. The van der Waals surface area contributed by atoms with Crippen molar-refractivity contribution >= 4 is 23.2 Å². The first-order valence-corrected chi connectivity index (χ1v) is 12.4. The van der Waals surface area contributed by atoms with Gasteiger partial charge in [-0.3, -0.25) is 19.4 Å². The monoisotopic (exact) mass is 488 g/mol. The van der Waals surface area contributed by atoms with E-state index in [2.05, 4.69) is 30.5 Å². The molecule has 1 fully saturated rings. The number of aromatic nitrogens is 3. The van der Waals surface area contributed by atoms with Crippen molar-refractivity contribution in [2.45, 2.75) is 52.0 Å². The number of benzene rings is 1. The average molecular weight is 489 g/mol. The van der Waals surface area contributed by atoms with Crippen LogP contribution in [0.5, 0.6) is 0 Å². The summed E-state index contributed by atoms with van der Waals surface area (Å²) in [5.41, 5.74) is 2.81. The highest BCUT2D eigenvalue weighted by molar-refractivity contribution is 5.97. The maximum absolute atomic E-state index is 13.0. The summed E-state index contributed by atoms with van der Waals surface area (Å²) in [6.07, 6.45) is 6.62. The lowest BCUT2D eigenvalue weighted by Crippen LogP contribution is -2.44. The zero-order chi connectivity index (χ0) is 25.5. The fourth-order valence-corrected chi connectivity index (χ4v) is 4.41. The summed E-state index contributed by atoms with van der Waals surface area (Å²) in [5, 5.41) is 5.75. The maximum atomic E-state index is 13.0. The molecule has 4 rings (SSSR count). The Kier molecular flexibility index (Phi) is 8.10. The van der Waals surface area contributed by atoms with E-state index in [1.54, 1.807) is 31.5 Å². The number of rotatable bonds is 9. The Bertz CT molecular complexity index is 1270. The summed E-state index contributed by atoms with van der Waals surface area (Å²) >= 11 is 0. The van der Waals surface area contributed by atoms with Gasteiger partial charge in [0.25, 0.3) is 5.56 Å².